The van der Waals surface area contributed by atoms with Gasteiger partial charge in [0, 0.05) is 39.3 Å². The van der Waals surface area contributed by atoms with Gasteiger partial charge in [-0.2, -0.15) is 0 Å². The second-order valence-corrected chi connectivity index (χ2v) is 6.40. The number of aryl methyl sites for hydroxylation is 1. The molecule has 6 heteroatoms. The van der Waals surface area contributed by atoms with Gasteiger partial charge < -0.3 is 14.2 Å². The van der Waals surface area contributed by atoms with Gasteiger partial charge in [0.25, 0.3) is 5.91 Å². The molecular formula is C17H25N3O3. The zero-order valence-corrected chi connectivity index (χ0v) is 13.8. The summed E-state index contributed by atoms with van der Waals surface area (Å²) in [7, 11) is 0. The van der Waals surface area contributed by atoms with Gasteiger partial charge in [0.1, 0.15) is 5.76 Å². The van der Waals surface area contributed by atoms with E-state index < -0.39 is 0 Å². The first-order valence-electron chi connectivity index (χ1n) is 8.48. The number of likely N-dealkylation sites (tertiary alicyclic amines) is 1. The maximum absolute atomic E-state index is 12.4. The Balaban J connectivity index is 1.47. The summed E-state index contributed by atoms with van der Waals surface area (Å²) in [6.07, 6.45) is 5.03. The fourth-order valence-electron chi connectivity index (χ4n) is 3.32. The number of rotatable bonds is 3. The molecule has 0 N–H and O–H groups in total. The molecule has 0 radical (unpaired) electrons. The van der Waals surface area contributed by atoms with Crippen molar-refractivity contribution in [2.75, 3.05) is 45.8 Å². The highest BCUT2D eigenvalue weighted by molar-refractivity contribution is 5.95. The Bertz CT molecular complexity index is 555. The van der Waals surface area contributed by atoms with Gasteiger partial charge in [-0.3, -0.25) is 14.5 Å². The number of amides is 2. The van der Waals surface area contributed by atoms with Crippen molar-refractivity contribution in [1.82, 2.24) is 14.7 Å². The minimum absolute atomic E-state index is 0.0262. The number of piperazine rings is 1. The minimum atomic E-state index is 0.0262. The van der Waals surface area contributed by atoms with E-state index in [1.54, 1.807) is 19.3 Å². The predicted molar refractivity (Wildman–Crippen MR) is 86.2 cm³/mol. The van der Waals surface area contributed by atoms with E-state index in [4.69, 9.17) is 4.42 Å². The highest BCUT2D eigenvalue weighted by Gasteiger charge is 2.26. The Kier molecular flexibility index (Phi) is 5.00. The third kappa shape index (κ3) is 3.75. The zero-order chi connectivity index (χ0) is 16.2. The quantitative estimate of drug-likeness (QED) is 0.844. The average Bonchev–Trinajstić information content (AvgIpc) is 3.02. The van der Waals surface area contributed by atoms with Crippen LogP contribution in [0.4, 0.5) is 0 Å². The van der Waals surface area contributed by atoms with E-state index in [2.05, 4.69) is 4.90 Å². The van der Waals surface area contributed by atoms with Crippen molar-refractivity contribution in [3.63, 3.8) is 0 Å². The van der Waals surface area contributed by atoms with Crippen LogP contribution in [0.3, 0.4) is 0 Å². The number of hydrogen-bond donors (Lipinski definition) is 0. The van der Waals surface area contributed by atoms with Crippen molar-refractivity contribution >= 4 is 11.8 Å². The van der Waals surface area contributed by atoms with Crippen LogP contribution < -0.4 is 0 Å². The topological polar surface area (TPSA) is 57.0 Å². The molecule has 2 amide bonds. The number of nitrogens with zero attached hydrogens (tertiary/aromatic N) is 3. The Morgan fingerprint density at radius 3 is 2.30 bits per heavy atom. The van der Waals surface area contributed by atoms with Crippen LogP contribution in [0.5, 0.6) is 0 Å². The largest absolute Gasteiger partial charge is 0.469 e. The minimum Gasteiger partial charge on any atom is -0.469 e. The molecule has 0 saturated carbocycles. The number of carbonyl (C=O) groups excluding carboxylic acids is 2. The van der Waals surface area contributed by atoms with E-state index in [1.165, 1.54) is 6.42 Å². The molecule has 0 atom stereocenters. The lowest BCUT2D eigenvalue weighted by atomic mass is 10.1. The SMILES string of the molecule is Cc1occc1C(=O)N1CCN(CC(=O)N2CCCCC2)CC1. The highest BCUT2D eigenvalue weighted by Crippen LogP contribution is 2.14. The van der Waals surface area contributed by atoms with Gasteiger partial charge in [-0.1, -0.05) is 0 Å². The second kappa shape index (κ2) is 7.17. The molecule has 1 aromatic rings. The Morgan fingerprint density at radius 1 is 1.00 bits per heavy atom. The van der Waals surface area contributed by atoms with Gasteiger partial charge in [-0.15, -0.1) is 0 Å². The smallest absolute Gasteiger partial charge is 0.257 e. The third-order valence-corrected chi connectivity index (χ3v) is 4.82. The van der Waals surface area contributed by atoms with Gasteiger partial charge in [0.15, 0.2) is 0 Å². The summed E-state index contributed by atoms with van der Waals surface area (Å²) < 4.78 is 5.21. The van der Waals surface area contributed by atoms with Crippen LogP contribution >= 0.6 is 0 Å². The van der Waals surface area contributed by atoms with Crippen molar-refractivity contribution in [2.24, 2.45) is 0 Å². The number of piperidine rings is 1. The average molecular weight is 319 g/mol. The van der Waals surface area contributed by atoms with E-state index in [0.29, 0.717) is 31.0 Å². The highest BCUT2D eigenvalue weighted by atomic mass is 16.3. The monoisotopic (exact) mass is 319 g/mol. The summed E-state index contributed by atoms with van der Waals surface area (Å²) in [5, 5.41) is 0. The first kappa shape index (κ1) is 16.1. The van der Waals surface area contributed by atoms with Gasteiger partial charge in [0.05, 0.1) is 18.4 Å². The van der Waals surface area contributed by atoms with Gasteiger partial charge in [-0.25, -0.2) is 0 Å². The molecule has 1 aromatic heterocycles. The van der Waals surface area contributed by atoms with Crippen molar-refractivity contribution in [3.05, 3.63) is 23.7 Å². The first-order valence-corrected chi connectivity index (χ1v) is 8.48. The molecule has 2 aliphatic rings. The van der Waals surface area contributed by atoms with Crippen LogP contribution in [0, 0.1) is 6.92 Å². The molecule has 2 fully saturated rings. The van der Waals surface area contributed by atoms with Crippen molar-refractivity contribution in [3.8, 4) is 0 Å². The molecule has 0 aromatic carbocycles. The van der Waals surface area contributed by atoms with Crippen LogP contribution in [0.1, 0.15) is 35.4 Å². The predicted octanol–water partition coefficient (Wildman–Crippen LogP) is 1.36. The van der Waals surface area contributed by atoms with Crippen LogP contribution in [0.15, 0.2) is 16.7 Å². The van der Waals surface area contributed by atoms with Gasteiger partial charge in [0.2, 0.25) is 5.91 Å². The fourth-order valence-corrected chi connectivity index (χ4v) is 3.32. The summed E-state index contributed by atoms with van der Waals surface area (Å²) in [6, 6.07) is 1.73. The number of hydrogen-bond acceptors (Lipinski definition) is 4. The number of carbonyl (C=O) groups is 2. The van der Waals surface area contributed by atoms with Crippen molar-refractivity contribution in [2.45, 2.75) is 26.2 Å². The lowest BCUT2D eigenvalue weighted by Gasteiger charge is -2.36. The third-order valence-electron chi connectivity index (χ3n) is 4.82. The van der Waals surface area contributed by atoms with Gasteiger partial charge >= 0.3 is 0 Å². The fraction of sp³-hybridized carbons (Fsp3) is 0.647. The molecule has 6 nitrogen and oxygen atoms in total. The van der Waals surface area contributed by atoms with Crippen LogP contribution in [-0.2, 0) is 4.79 Å². The molecule has 23 heavy (non-hydrogen) atoms. The summed E-state index contributed by atoms with van der Waals surface area (Å²) in [6.45, 7) is 6.92. The normalized spacial score (nSPS) is 19.9. The Labute approximate surface area is 137 Å². The van der Waals surface area contributed by atoms with E-state index in [9.17, 15) is 9.59 Å². The van der Waals surface area contributed by atoms with E-state index in [0.717, 1.165) is 39.0 Å². The maximum atomic E-state index is 12.4. The lowest BCUT2D eigenvalue weighted by molar-refractivity contribution is -0.133. The Morgan fingerprint density at radius 2 is 1.70 bits per heavy atom. The summed E-state index contributed by atoms with van der Waals surface area (Å²) in [5.41, 5.74) is 0.642. The standard InChI is InChI=1S/C17H25N3O3/c1-14-15(5-12-23-14)17(22)20-10-8-18(9-11-20)13-16(21)19-6-3-2-4-7-19/h5,12H,2-4,6-11,13H2,1H3. The molecular weight excluding hydrogens is 294 g/mol. The van der Waals surface area contributed by atoms with Crippen LogP contribution in [0.2, 0.25) is 0 Å². The van der Waals surface area contributed by atoms with Gasteiger partial charge in [-0.05, 0) is 32.3 Å². The van der Waals surface area contributed by atoms with Crippen LogP contribution in [-0.4, -0.2) is 72.3 Å². The van der Waals surface area contributed by atoms with E-state index in [-0.39, 0.29) is 11.8 Å². The molecule has 0 bridgehead atoms. The van der Waals surface area contributed by atoms with E-state index >= 15 is 0 Å². The molecule has 2 saturated heterocycles. The molecule has 3 heterocycles. The van der Waals surface area contributed by atoms with Crippen LogP contribution in [0.25, 0.3) is 0 Å². The van der Waals surface area contributed by atoms with Crippen molar-refractivity contribution < 1.29 is 14.0 Å². The second-order valence-electron chi connectivity index (χ2n) is 6.40. The molecule has 0 aliphatic carbocycles. The summed E-state index contributed by atoms with van der Waals surface area (Å²) in [5.74, 6) is 0.922. The van der Waals surface area contributed by atoms with Crippen molar-refractivity contribution in [1.29, 1.82) is 0 Å². The lowest BCUT2D eigenvalue weighted by Crippen LogP contribution is -2.52. The molecule has 2 aliphatic heterocycles. The Hall–Kier alpha value is -1.82. The summed E-state index contributed by atoms with van der Waals surface area (Å²) >= 11 is 0. The number of furan rings is 1. The molecule has 126 valence electrons. The first-order chi connectivity index (χ1) is 11.1. The zero-order valence-electron chi connectivity index (χ0n) is 13.8. The van der Waals surface area contributed by atoms with E-state index in [1.807, 2.05) is 9.80 Å². The summed E-state index contributed by atoms with van der Waals surface area (Å²) in [4.78, 5) is 30.7. The maximum Gasteiger partial charge on any atom is 0.257 e. The molecule has 3 rings (SSSR count). The molecule has 0 unspecified atom stereocenters. The molecule has 0 spiro atoms.